The highest BCUT2D eigenvalue weighted by atomic mass is 32.2. The van der Waals surface area contributed by atoms with Crippen LogP contribution in [0.4, 0.5) is 0 Å². The first-order chi connectivity index (χ1) is 10.0. The van der Waals surface area contributed by atoms with Gasteiger partial charge in [-0.15, -0.1) is 0 Å². The van der Waals surface area contributed by atoms with E-state index in [9.17, 15) is 13.2 Å². The maximum absolute atomic E-state index is 12.9. The Hall–Kier alpha value is -0.700. The van der Waals surface area contributed by atoms with Gasteiger partial charge in [0.15, 0.2) is 0 Å². The van der Waals surface area contributed by atoms with Gasteiger partial charge in [0.1, 0.15) is 0 Å². The molecule has 1 amide bonds. The third-order valence-electron chi connectivity index (χ3n) is 4.22. The fourth-order valence-electron chi connectivity index (χ4n) is 3.07. The molecule has 122 valence electrons. The number of piperidine rings is 1. The van der Waals surface area contributed by atoms with E-state index in [1.807, 2.05) is 0 Å². The van der Waals surface area contributed by atoms with Gasteiger partial charge in [-0.2, -0.15) is 17.0 Å². The number of nitrogens with zero attached hydrogens (tertiary/aromatic N) is 2. The fraction of sp³-hybridized carbons (Fsp3) is 0.923. The van der Waals surface area contributed by atoms with Gasteiger partial charge < -0.3 is 11.1 Å². The van der Waals surface area contributed by atoms with Gasteiger partial charge in [0.25, 0.3) is 10.2 Å². The molecule has 2 aliphatic rings. The first kappa shape index (κ1) is 16.7. The molecule has 0 unspecified atom stereocenters. The highest BCUT2D eigenvalue weighted by molar-refractivity contribution is 7.86. The van der Waals surface area contributed by atoms with Crippen LogP contribution in [-0.4, -0.2) is 61.7 Å². The van der Waals surface area contributed by atoms with E-state index in [-0.39, 0.29) is 12.6 Å². The van der Waals surface area contributed by atoms with Crippen LogP contribution in [0.2, 0.25) is 0 Å². The summed E-state index contributed by atoms with van der Waals surface area (Å²) in [6.45, 7) is 2.42. The van der Waals surface area contributed by atoms with Crippen LogP contribution in [0, 0.1) is 0 Å². The van der Waals surface area contributed by atoms with Crippen molar-refractivity contribution >= 4 is 16.1 Å². The van der Waals surface area contributed by atoms with E-state index in [2.05, 4.69) is 5.32 Å². The Morgan fingerprint density at radius 3 is 2.24 bits per heavy atom. The van der Waals surface area contributed by atoms with Crippen molar-refractivity contribution in [3.8, 4) is 0 Å². The lowest BCUT2D eigenvalue weighted by Crippen LogP contribution is -2.54. The molecular weight excluding hydrogens is 292 g/mol. The molecular formula is C13H26N4O3S. The number of carbonyl (C=O) groups is 1. The minimum Gasteiger partial charge on any atom is -0.369 e. The summed E-state index contributed by atoms with van der Waals surface area (Å²) in [5.74, 6) is -0.591. The van der Waals surface area contributed by atoms with Gasteiger partial charge in [-0.25, -0.2) is 0 Å². The van der Waals surface area contributed by atoms with Crippen molar-refractivity contribution in [2.24, 2.45) is 5.73 Å². The number of amides is 1. The summed E-state index contributed by atoms with van der Waals surface area (Å²) in [7, 11) is -3.60. The van der Waals surface area contributed by atoms with E-state index in [4.69, 9.17) is 5.73 Å². The Kier molecular flexibility index (Phi) is 5.98. The Morgan fingerprint density at radius 2 is 1.71 bits per heavy atom. The quantitative estimate of drug-likeness (QED) is 0.724. The number of carbonyl (C=O) groups excluding carboxylic acids is 1. The van der Waals surface area contributed by atoms with Crippen molar-refractivity contribution in [1.82, 2.24) is 13.9 Å². The highest BCUT2D eigenvalue weighted by Crippen LogP contribution is 2.21. The minimum absolute atomic E-state index is 0.132. The summed E-state index contributed by atoms with van der Waals surface area (Å²) in [5.41, 5.74) is 5.28. The van der Waals surface area contributed by atoms with Crippen molar-refractivity contribution in [3.05, 3.63) is 0 Å². The summed E-state index contributed by atoms with van der Waals surface area (Å²) in [4.78, 5) is 11.3. The number of nitrogens with two attached hydrogens (primary N) is 1. The summed E-state index contributed by atoms with van der Waals surface area (Å²) >= 11 is 0. The maximum Gasteiger partial charge on any atom is 0.282 e. The summed E-state index contributed by atoms with van der Waals surface area (Å²) in [6.07, 6.45) is 5.34. The molecule has 0 atom stereocenters. The molecule has 0 aromatic rings. The third kappa shape index (κ3) is 4.38. The number of nitrogens with one attached hydrogen (secondary N) is 1. The lowest BCUT2D eigenvalue weighted by atomic mass is 10.1. The molecule has 0 spiro atoms. The van der Waals surface area contributed by atoms with Crippen LogP contribution in [0.5, 0.6) is 0 Å². The second-order valence-corrected chi connectivity index (χ2v) is 7.69. The number of hydrogen-bond acceptors (Lipinski definition) is 4. The predicted octanol–water partition coefficient (Wildman–Crippen LogP) is -0.353. The SMILES string of the molecule is NC(=O)CN(C1CCNCC1)S(=O)(=O)N1CCCCCC1. The maximum atomic E-state index is 12.9. The Bertz CT molecular complexity index is 440. The van der Waals surface area contributed by atoms with Crippen LogP contribution in [0.15, 0.2) is 0 Å². The molecule has 2 rings (SSSR count). The number of hydrogen-bond donors (Lipinski definition) is 2. The molecule has 2 fully saturated rings. The molecule has 21 heavy (non-hydrogen) atoms. The average Bonchev–Trinajstić information content (AvgIpc) is 2.75. The molecule has 0 aromatic carbocycles. The van der Waals surface area contributed by atoms with Gasteiger partial charge in [-0.1, -0.05) is 12.8 Å². The third-order valence-corrected chi connectivity index (χ3v) is 6.25. The molecule has 7 nitrogen and oxygen atoms in total. The molecule has 8 heteroatoms. The van der Waals surface area contributed by atoms with Crippen LogP contribution < -0.4 is 11.1 Å². The monoisotopic (exact) mass is 318 g/mol. The normalized spacial score (nSPS) is 23.1. The van der Waals surface area contributed by atoms with Crippen molar-refractivity contribution < 1.29 is 13.2 Å². The predicted molar refractivity (Wildman–Crippen MR) is 80.8 cm³/mol. The van der Waals surface area contributed by atoms with E-state index < -0.39 is 16.1 Å². The molecule has 0 radical (unpaired) electrons. The van der Waals surface area contributed by atoms with Gasteiger partial charge in [0.2, 0.25) is 5.91 Å². The molecule has 2 aliphatic heterocycles. The van der Waals surface area contributed by atoms with Gasteiger partial charge >= 0.3 is 0 Å². The van der Waals surface area contributed by atoms with Crippen LogP contribution in [0.1, 0.15) is 38.5 Å². The number of primary amides is 1. The Morgan fingerprint density at radius 1 is 1.14 bits per heavy atom. The lowest BCUT2D eigenvalue weighted by molar-refractivity contribution is -0.118. The molecule has 2 heterocycles. The molecule has 0 aromatic heterocycles. The summed E-state index contributed by atoms with van der Waals surface area (Å²) in [5, 5.41) is 3.21. The Labute approximate surface area is 127 Å². The fourth-order valence-corrected chi connectivity index (χ4v) is 4.96. The van der Waals surface area contributed by atoms with Crippen LogP contribution in [0.25, 0.3) is 0 Å². The molecule has 0 saturated carbocycles. The molecule has 2 saturated heterocycles. The van der Waals surface area contributed by atoms with E-state index >= 15 is 0 Å². The Balaban J connectivity index is 2.17. The van der Waals surface area contributed by atoms with Gasteiger partial charge in [0, 0.05) is 19.1 Å². The van der Waals surface area contributed by atoms with Crippen LogP contribution in [-0.2, 0) is 15.0 Å². The first-order valence-electron chi connectivity index (χ1n) is 7.78. The largest absolute Gasteiger partial charge is 0.369 e. The van der Waals surface area contributed by atoms with E-state index in [0.717, 1.165) is 51.6 Å². The molecule has 0 aliphatic carbocycles. The summed E-state index contributed by atoms with van der Waals surface area (Å²) in [6, 6.07) is -0.132. The zero-order chi connectivity index (χ0) is 15.3. The average molecular weight is 318 g/mol. The van der Waals surface area contributed by atoms with E-state index in [0.29, 0.717) is 13.1 Å². The van der Waals surface area contributed by atoms with Crippen molar-refractivity contribution in [3.63, 3.8) is 0 Å². The van der Waals surface area contributed by atoms with Crippen LogP contribution in [0.3, 0.4) is 0 Å². The lowest BCUT2D eigenvalue weighted by Gasteiger charge is -2.36. The van der Waals surface area contributed by atoms with Crippen molar-refractivity contribution in [1.29, 1.82) is 0 Å². The van der Waals surface area contributed by atoms with Gasteiger partial charge in [-0.3, -0.25) is 4.79 Å². The smallest absolute Gasteiger partial charge is 0.282 e. The highest BCUT2D eigenvalue weighted by Gasteiger charge is 2.36. The van der Waals surface area contributed by atoms with Crippen molar-refractivity contribution in [2.45, 2.75) is 44.6 Å². The van der Waals surface area contributed by atoms with Crippen molar-refractivity contribution in [2.75, 3.05) is 32.7 Å². The van der Waals surface area contributed by atoms with E-state index in [1.165, 1.54) is 8.61 Å². The second-order valence-electron chi connectivity index (χ2n) is 5.81. The standard InChI is InChI=1S/C13H26N4O3S/c14-13(18)11-17(12-5-7-15-8-6-12)21(19,20)16-9-3-1-2-4-10-16/h12,15H,1-11H2,(H2,14,18). The van der Waals surface area contributed by atoms with Gasteiger partial charge in [0.05, 0.1) is 6.54 Å². The zero-order valence-corrected chi connectivity index (χ0v) is 13.3. The van der Waals surface area contributed by atoms with Crippen LogP contribution >= 0.6 is 0 Å². The molecule has 0 bridgehead atoms. The van der Waals surface area contributed by atoms with E-state index in [1.54, 1.807) is 0 Å². The number of rotatable bonds is 5. The summed E-state index contributed by atoms with van der Waals surface area (Å²) < 4.78 is 28.7. The van der Waals surface area contributed by atoms with Gasteiger partial charge in [-0.05, 0) is 38.8 Å². The topological polar surface area (TPSA) is 95.7 Å². The second kappa shape index (κ2) is 7.53. The molecule has 3 N–H and O–H groups in total. The first-order valence-corrected chi connectivity index (χ1v) is 9.17. The zero-order valence-electron chi connectivity index (χ0n) is 12.5. The minimum atomic E-state index is -3.60.